The molecule has 1 atom stereocenters. The summed E-state index contributed by atoms with van der Waals surface area (Å²) in [5.41, 5.74) is 0. The fraction of sp³-hybridized carbons (Fsp3) is 0.909. The van der Waals surface area contributed by atoms with E-state index >= 15 is 0 Å². The van der Waals surface area contributed by atoms with Crippen LogP contribution in [0.1, 0.15) is 46.0 Å². The molecule has 0 aliphatic heterocycles. The standard InChI is InChI=1S/C11H20O3/c1-8-3-5-10(6-4-8)14-9(2)7-11(12)13/h8-10H,3-7H2,1-2H3,(H,12,13)/t8?,9-,10?/m0/s1. The lowest BCUT2D eigenvalue weighted by atomic mass is 9.89. The van der Waals surface area contributed by atoms with E-state index in [1.54, 1.807) is 0 Å². The summed E-state index contributed by atoms with van der Waals surface area (Å²) in [6.07, 6.45) is 4.86. The van der Waals surface area contributed by atoms with Crippen LogP contribution >= 0.6 is 0 Å². The van der Waals surface area contributed by atoms with Gasteiger partial charge in [-0.05, 0) is 38.5 Å². The molecule has 82 valence electrons. The first-order chi connectivity index (χ1) is 6.58. The van der Waals surface area contributed by atoms with E-state index in [9.17, 15) is 4.79 Å². The summed E-state index contributed by atoms with van der Waals surface area (Å²) in [6, 6.07) is 0. The molecule has 0 spiro atoms. The van der Waals surface area contributed by atoms with Gasteiger partial charge in [-0.2, -0.15) is 0 Å². The minimum atomic E-state index is -0.776. The molecule has 0 bridgehead atoms. The maximum absolute atomic E-state index is 10.4. The Kier molecular flexibility index (Phi) is 4.39. The first-order valence-corrected chi connectivity index (χ1v) is 5.45. The van der Waals surface area contributed by atoms with Crippen LogP contribution in [0.5, 0.6) is 0 Å². The molecule has 1 rings (SSSR count). The van der Waals surface area contributed by atoms with Crippen molar-refractivity contribution in [3.63, 3.8) is 0 Å². The van der Waals surface area contributed by atoms with Gasteiger partial charge in [-0.15, -0.1) is 0 Å². The van der Waals surface area contributed by atoms with Crippen LogP contribution in [0.2, 0.25) is 0 Å². The van der Waals surface area contributed by atoms with E-state index in [0.717, 1.165) is 18.8 Å². The highest BCUT2D eigenvalue weighted by Gasteiger charge is 2.21. The van der Waals surface area contributed by atoms with Crippen molar-refractivity contribution in [2.45, 2.75) is 58.2 Å². The summed E-state index contributed by atoms with van der Waals surface area (Å²) < 4.78 is 5.67. The smallest absolute Gasteiger partial charge is 0.305 e. The van der Waals surface area contributed by atoms with Gasteiger partial charge < -0.3 is 9.84 Å². The average molecular weight is 200 g/mol. The Morgan fingerprint density at radius 3 is 2.50 bits per heavy atom. The van der Waals surface area contributed by atoms with E-state index in [-0.39, 0.29) is 12.5 Å². The van der Waals surface area contributed by atoms with Gasteiger partial charge in [0, 0.05) is 0 Å². The van der Waals surface area contributed by atoms with Gasteiger partial charge in [0.05, 0.1) is 18.6 Å². The van der Waals surface area contributed by atoms with Gasteiger partial charge >= 0.3 is 5.97 Å². The zero-order valence-corrected chi connectivity index (χ0v) is 9.03. The lowest BCUT2D eigenvalue weighted by molar-refractivity contribution is -0.141. The Morgan fingerprint density at radius 1 is 1.43 bits per heavy atom. The predicted octanol–water partition coefficient (Wildman–Crippen LogP) is 2.44. The lowest BCUT2D eigenvalue weighted by Crippen LogP contribution is -2.26. The van der Waals surface area contributed by atoms with Crippen molar-refractivity contribution in [1.82, 2.24) is 0 Å². The molecule has 1 fully saturated rings. The van der Waals surface area contributed by atoms with Crippen LogP contribution in [0.4, 0.5) is 0 Å². The van der Waals surface area contributed by atoms with Gasteiger partial charge in [0.25, 0.3) is 0 Å². The van der Waals surface area contributed by atoms with Crippen LogP contribution in [0.25, 0.3) is 0 Å². The fourth-order valence-corrected chi connectivity index (χ4v) is 1.99. The molecular weight excluding hydrogens is 180 g/mol. The monoisotopic (exact) mass is 200 g/mol. The number of hydrogen-bond acceptors (Lipinski definition) is 2. The summed E-state index contributed by atoms with van der Waals surface area (Å²) in [6.45, 7) is 4.10. The van der Waals surface area contributed by atoms with Crippen LogP contribution in [0.15, 0.2) is 0 Å². The molecule has 1 saturated carbocycles. The summed E-state index contributed by atoms with van der Waals surface area (Å²) >= 11 is 0. The predicted molar refractivity (Wildman–Crippen MR) is 54.2 cm³/mol. The van der Waals surface area contributed by atoms with Gasteiger partial charge in [0.2, 0.25) is 0 Å². The number of carboxylic acid groups (broad SMARTS) is 1. The molecular formula is C11H20O3. The topological polar surface area (TPSA) is 46.5 Å². The first-order valence-electron chi connectivity index (χ1n) is 5.45. The Bertz CT molecular complexity index is 183. The van der Waals surface area contributed by atoms with Crippen LogP contribution in [0, 0.1) is 5.92 Å². The highest BCUT2D eigenvalue weighted by atomic mass is 16.5. The van der Waals surface area contributed by atoms with Crippen LogP contribution in [0.3, 0.4) is 0 Å². The third kappa shape index (κ3) is 4.09. The molecule has 0 amide bonds. The highest BCUT2D eigenvalue weighted by Crippen LogP contribution is 2.26. The Hall–Kier alpha value is -0.570. The minimum Gasteiger partial charge on any atom is -0.481 e. The van der Waals surface area contributed by atoms with Crippen LogP contribution in [-0.4, -0.2) is 23.3 Å². The molecule has 0 heterocycles. The molecule has 14 heavy (non-hydrogen) atoms. The van der Waals surface area contributed by atoms with Gasteiger partial charge in [0.1, 0.15) is 0 Å². The zero-order valence-electron chi connectivity index (χ0n) is 9.03. The molecule has 3 nitrogen and oxygen atoms in total. The fourth-order valence-electron chi connectivity index (χ4n) is 1.99. The van der Waals surface area contributed by atoms with Crippen molar-refractivity contribution in [2.75, 3.05) is 0 Å². The molecule has 0 unspecified atom stereocenters. The number of carboxylic acids is 1. The van der Waals surface area contributed by atoms with Crippen molar-refractivity contribution in [3.05, 3.63) is 0 Å². The van der Waals surface area contributed by atoms with Crippen LogP contribution < -0.4 is 0 Å². The summed E-state index contributed by atoms with van der Waals surface area (Å²) in [7, 11) is 0. The van der Waals surface area contributed by atoms with Crippen molar-refractivity contribution >= 4 is 5.97 Å². The summed E-state index contributed by atoms with van der Waals surface area (Å²) in [5, 5.41) is 8.58. The first kappa shape index (κ1) is 11.5. The SMILES string of the molecule is CC1CCC(O[C@@H](C)CC(=O)O)CC1. The molecule has 0 aromatic heterocycles. The second-order valence-corrected chi connectivity index (χ2v) is 4.43. The third-order valence-electron chi connectivity index (χ3n) is 2.85. The Labute approximate surface area is 85.5 Å². The maximum Gasteiger partial charge on any atom is 0.305 e. The third-order valence-corrected chi connectivity index (χ3v) is 2.85. The van der Waals surface area contributed by atoms with Crippen molar-refractivity contribution < 1.29 is 14.6 Å². The van der Waals surface area contributed by atoms with Gasteiger partial charge in [-0.1, -0.05) is 6.92 Å². The number of aliphatic carboxylic acids is 1. The van der Waals surface area contributed by atoms with E-state index in [0.29, 0.717) is 6.10 Å². The molecule has 1 aliphatic carbocycles. The second-order valence-electron chi connectivity index (χ2n) is 4.43. The molecule has 0 aromatic carbocycles. The molecule has 0 aromatic rings. The number of rotatable bonds is 4. The zero-order chi connectivity index (χ0) is 10.6. The lowest BCUT2D eigenvalue weighted by Gasteiger charge is -2.28. The van der Waals surface area contributed by atoms with E-state index < -0.39 is 5.97 Å². The number of ether oxygens (including phenoxy) is 1. The van der Waals surface area contributed by atoms with Crippen LogP contribution in [-0.2, 0) is 9.53 Å². The normalized spacial score (nSPS) is 29.9. The maximum atomic E-state index is 10.4. The number of hydrogen-bond donors (Lipinski definition) is 1. The Balaban J connectivity index is 2.20. The van der Waals surface area contributed by atoms with E-state index in [1.165, 1.54) is 12.8 Å². The van der Waals surface area contributed by atoms with Crippen molar-refractivity contribution in [3.8, 4) is 0 Å². The minimum absolute atomic E-state index is 0.117. The molecule has 3 heteroatoms. The van der Waals surface area contributed by atoms with E-state index in [2.05, 4.69) is 6.92 Å². The van der Waals surface area contributed by atoms with E-state index in [1.807, 2.05) is 6.92 Å². The average Bonchev–Trinajstić information content (AvgIpc) is 2.07. The van der Waals surface area contributed by atoms with Crippen molar-refractivity contribution in [2.24, 2.45) is 5.92 Å². The van der Waals surface area contributed by atoms with Gasteiger partial charge in [-0.3, -0.25) is 4.79 Å². The Morgan fingerprint density at radius 2 is 2.00 bits per heavy atom. The molecule has 1 aliphatic rings. The number of carbonyl (C=O) groups is 1. The molecule has 1 N–H and O–H groups in total. The summed E-state index contributed by atoms with van der Waals surface area (Å²) in [4.78, 5) is 10.4. The quantitative estimate of drug-likeness (QED) is 0.758. The second kappa shape index (κ2) is 5.35. The van der Waals surface area contributed by atoms with E-state index in [4.69, 9.17) is 9.84 Å². The molecule has 0 radical (unpaired) electrons. The largest absolute Gasteiger partial charge is 0.481 e. The highest BCUT2D eigenvalue weighted by molar-refractivity contribution is 5.67. The van der Waals surface area contributed by atoms with Gasteiger partial charge in [-0.25, -0.2) is 0 Å². The summed E-state index contributed by atoms with van der Waals surface area (Å²) in [5.74, 6) is 0.0336. The van der Waals surface area contributed by atoms with Crippen molar-refractivity contribution in [1.29, 1.82) is 0 Å². The van der Waals surface area contributed by atoms with Gasteiger partial charge in [0.15, 0.2) is 0 Å². The molecule has 0 saturated heterocycles.